The van der Waals surface area contributed by atoms with Gasteiger partial charge in [0.1, 0.15) is 0 Å². The van der Waals surface area contributed by atoms with Gasteiger partial charge in [-0.05, 0) is 140 Å². The molecule has 0 radical (unpaired) electrons. The normalized spacial score (nSPS) is 32.5. The van der Waals surface area contributed by atoms with Gasteiger partial charge in [0.25, 0.3) is 0 Å². The molecule has 40 heavy (non-hydrogen) atoms. The maximum Gasteiger partial charge on any atom is 4.00 e. The number of rotatable bonds is 4. The van der Waals surface area contributed by atoms with Crippen LogP contribution in [0.4, 0.5) is 0 Å². The largest absolute Gasteiger partial charge is 4.00 e. The van der Waals surface area contributed by atoms with Crippen LogP contribution in [0.25, 0.3) is 0 Å². The van der Waals surface area contributed by atoms with Gasteiger partial charge in [-0.25, -0.2) is 0 Å². The summed E-state index contributed by atoms with van der Waals surface area (Å²) in [6.07, 6.45) is 14.6. The second kappa shape index (κ2) is 15.2. The molecular formula is C39H60Hf. The molecule has 4 saturated carbocycles. The van der Waals surface area contributed by atoms with E-state index in [1.54, 1.807) is 11.1 Å². The van der Waals surface area contributed by atoms with Crippen molar-refractivity contribution in [3.63, 3.8) is 0 Å². The summed E-state index contributed by atoms with van der Waals surface area (Å²) < 4.78 is 0. The fourth-order valence-electron chi connectivity index (χ4n) is 10.5. The Kier molecular flexibility index (Phi) is 14.2. The van der Waals surface area contributed by atoms with Gasteiger partial charge in [-0.2, -0.15) is 0 Å². The van der Waals surface area contributed by atoms with Crippen molar-refractivity contribution in [3.05, 3.63) is 100 Å². The first-order valence-electron chi connectivity index (χ1n) is 15.1. The maximum absolute atomic E-state index is 2.72. The number of hydrogen-bond donors (Lipinski definition) is 0. The van der Waals surface area contributed by atoms with E-state index in [1.807, 2.05) is 0 Å². The van der Waals surface area contributed by atoms with Crippen LogP contribution in [0.15, 0.2) is 48.5 Å². The van der Waals surface area contributed by atoms with Crippen LogP contribution in [0.3, 0.4) is 0 Å². The first-order valence-corrected chi connectivity index (χ1v) is 15.1. The van der Waals surface area contributed by atoms with Crippen LogP contribution in [0.2, 0.25) is 0 Å². The molecule has 0 amide bonds. The molecule has 0 heterocycles. The summed E-state index contributed by atoms with van der Waals surface area (Å²) in [5.41, 5.74) is 6.90. The number of benzene rings is 2. The van der Waals surface area contributed by atoms with Gasteiger partial charge in [0.15, 0.2) is 0 Å². The second-order valence-corrected chi connectivity index (χ2v) is 13.6. The summed E-state index contributed by atoms with van der Waals surface area (Å²) in [6, 6.07) is 18.6. The molecule has 0 saturated heterocycles. The van der Waals surface area contributed by atoms with Crippen LogP contribution in [-0.2, 0) is 25.8 Å². The minimum Gasteiger partial charge on any atom is -0.358 e. The Bertz CT molecular complexity index is 955. The minimum absolute atomic E-state index is 0. The molecule has 0 aromatic heterocycles. The average molecular weight is 707 g/mol. The zero-order valence-corrected chi connectivity index (χ0v) is 30.9. The Morgan fingerprint density at radius 3 is 1.25 bits per heavy atom. The molecule has 0 aliphatic heterocycles. The Morgan fingerprint density at radius 1 is 0.500 bits per heavy atom. The molecule has 8 atom stereocenters. The topological polar surface area (TPSA) is 0 Å². The van der Waals surface area contributed by atoms with Crippen molar-refractivity contribution >= 4 is 0 Å². The molecule has 6 rings (SSSR count). The quantitative estimate of drug-likeness (QED) is 0.219. The summed E-state index contributed by atoms with van der Waals surface area (Å²) in [6.45, 7) is 10.1. The second-order valence-electron chi connectivity index (χ2n) is 13.6. The van der Waals surface area contributed by atoms with E-state index in [0.717, 1.165) is 47.3 Å². The van der Waals surface area contributed by atoms with E-state index in [4.69, 9.17) is 0 Å². The van der Waals surface area contributed by atoms with Gasteiger partial charge in [-0.3, -0.25) is 0 Å². The Hall–Kier alpha value is -0.690. The van der Waals surface area contributed by atoms with Gasteiger partial charge in [0, 0.05) is 0 Å². The summed E-state index contributed by atoms with van der Waals surface area (Å²) >= 11 is 0. The van der Waals surface area contributed by atoms with Crippen molar-refractivity contribution in [1.82, 2.24) is 0 Å². The first-order chi connectivity index (χ1) is 17.0. The van der Waals surface area contributed by atoms with E-state index in [0.29, 0.717) is 5.41 Å². The van der Waals surface area contributed by atoms with Crippen molar-refractivity contribution in [1.29, 1.82) is 0 Å². The molecular weight excluding hydrogens is 647 g/mol. The number of fused-ring (bicyclic) bond motifs is 2. The molecule has 2 aromatic rings. The fourth-order valence-corrected chi connectivity index (χ4v) is 10.5. The van der Waals surface area contributed by atoms with Gasteiger partial charge < -0.3 is 29.7 Å². The Labute approximate surface area is 269 Å². The van der Waals surface area contributed by atoms with Crippen LogP contribution < -0.4 is 0 Å². The first kappa shape index (κ1) is 37.3. The van der Waals surface area contributed by atoms with Crippen LogP contribution in [0.5, 0.6) is 0 Å². The zero-order chi connectivity index (χ0) is 24.2. The van der Waals surface area contributed by atoms with E-state index in [2.05, 4.69) is 76.2 Å². The Balaban J connectivity index is 0.00000160. The molecule has 0 nitrogen and oxygen atoms in total. The summed E-state index contributed by atoms with van der Waals surface area (Å²) in [7, 11) is 0. The SMILES string of the molecule is Cc1ccccc1C1CCCC2C1CCC2C(C)(C)C1CCC2C(c3ccccc3C)CCCC21.[CH3-].[CH3-].[CH3-].[CH3-].[Hf+4]. The molecule has 0 N–H and O–H groups in total. The average Bonchev–Trinajstić information content (AvgIpc) is 3.50. The standard InChI is InChI=1S/C35H48.4CH3.Hf/c1-23-11-5-7-13-25(23)27-15-9-17-31-29(27)19-21-33(31)35(3,4)34-22-20-30-28(16-10-18-32(30)34)26-14-8-6-12-24(26)2;;;;;/h5-8,11-14,27-34H,9-10,15-22H2,1-4H3;4*1H3;/q;4*-1;+4. The molecule has 8 unspecified atom stereocenters. The van der Waals surface area contributed by atoms with Gasteiger partial charge in [-0.1, -0.05) is 75.2 Å². The summed E-state index contributed by atoms with van der Waals surface area (Å²) in [5.74, 6) is 7.26. The van der Waals surface area contributed by atoms with Gasteiger partial charge in [-0.15, -0.1) is 0 Å². The third-order valence-corrected chi connectivity index (χ3v) is 12.0. The molecule has 4 fully saturated rings. The predicted molar refractivity (Wildman–Crippen MR) is 174 cm³/mol. The third-order valence-electron chi connectivity index (χ3n) is 12.0. The molecule has 0 bridgehead atoms. The monoisotopic (exact) mass is 708 g/mol. The number of aryl methyl sites for hydroxylation is 2. The third kappa shape index (κ3) is 6.45. The summed E-state index contributed by atoms with van der Waals surface area (Å²) in [5, 5.41) is 0. The van der Waals surface area contributed by atoms with Crippen LogP contribution in [0.1, 0.15) is 112 Å². The van der Waals surface area contributed by atoms with Crippen LogP contribution >= 0.6 is 0 Å². The number of hydrogen-bond acceptors (Lipinski definition) is 0. The smallest absolute Gasteiger partial charge is 0.358 e. The van der Waals surface area contributed by atoms with E-state index in [9.17, 15) is 0 Å². The zero-order valence-electron chi connectivity index (χ0n) is 27.3. The van der Waals surface area contributed by atoms with E-state index in [1.165, 1.54) is 75.3 Å². The van der Waals surface area contributed by atoms with Gasteiger partial charge in [0.05, 0.1) is 0 Å². The van der Waals surface area contributed by atoms with E-state index >= 15 is 0 Å². The van der Waals surface area contributed by atoms with Crippen LogP contribution in [-0.4, -0.2) is 0 Å². The van der Waals surface area contributed by atoms with Crippen molar-refractivity contribution in [2.75, 3.05) is 0 Å². The van der Waals surface area contributed by atoms with E-state index < -0.39 is 0 Å². The molecule has 0 spiro atoms. The molecule has 2 aromatic carbocycles. The van der Waals surface area contributed by atoms with Gasteiger partial charge in [0.2, 0.25) is 0 Å². The van der Waals surface area contributed by atoms with Gasteiger partial charge >= 0.3 is 25.8 Å². The predicted octanol–water partition coefficient (Wildman–Crippen LogP) is 11.6. The molecule has 1 heteroatoms. The molecule has 4 aliphatic carbocycles. The minimum atomic E-state index is 0. The van der Waals surface area contributed by atoms with Crippen molar-refractivity contribution < 1.29 is 25.8 Å². The summed E-state index contributed by atoms with van der Waals surface area (Å²) in [4.78, 5) is 0. The van der Waals surface area contributed by atoms with Crippen molar-refractivity contribution in [2.45, 2.75) is 104 Å². The van der Waals surface area contributed by atoms with Crippen LogP contribution in [0, 0.1) is 84.5 Å². The molecule has 4 aliphatic rings. The molecule has 220 valence electrons. The van der Waals surface area contributed by atoms with E-state index in [-0.39, 0.29) is 55.5 Å². The van der Waals surface area contributed by atoms with Crippen molar-refractivity contribution in [2.24, 2.45) is 40.9 Å². The Morgan fingerprint density at radius 2 is 0.875 bits per heavy atom. The fraction of sp³-hybridized carbons (Fsp3) is 0.590. The maximum atomic E-state index is 2.72. The van der Waals surface area contributed by atoms with Crippen molar-refractivity contribution in [3.8, 4) is 0 Å².